The van der Waals surface area contributed by atoms with Crippen LogP contribution in [0.2, 0.25) is 0 Å². The maximum absolute atomic E-state index is 12.2. The molecule has 7 nitrogen and oxygen atoms in total. The van der Waals surface area contributed by atoms with E-state index in [-0.39, 0.29) is 0 Å². The van der Waals surface area contributed by atoms with Crippen molar-refractivity contribution in [1.82, 2.24) is 5.43 Å². The number of methoxy groups -OCH3 is 3. The lowest BCUT2D eigenvalue weighted by atomic mass is 10.1. The van der Waals surface area contributed by atoms with Crippen LogP contribution >= 0.6 is 0 Å². The van der Waals surface area contributed by atoms with E-state index in [1.54, 1.807) is 42.5 Å². The van der Waals surface area contributed by atoms with Crippen molar-refractivity contribution in [2.24, 2.45) is 5.10 Å². The number of nitrogens with one attached hydrogen (secondary N) is 1. The fourth-order valence-electron chi connectivity index (χ4n) is 2.11. The molecule has 0 aliphatic rings. The summed E-state index contributed by atoms with van der Waals surface area (Å²) in [6.45, 7) is 0. The van der Waals surface area contributed by atoms with E-state index in [4.69, 9.17) is 14.2 Å². The number of ether oxygens (including phenoxy) is 3. The van der Waals surface area contributed by atoms with E-state index in [1.807, 2.05) is 0 Å². The number of amides is 1. The highest BCUT2D eigenvalue weighted by Gasteiger charge is 2.11. The molecule has 1 N–H and O–H groups in total. The molecule has 2 aromatic rings. The van der Waals surface area contributed by atoms with E-state index in [1.165, 1.54) is 27.5 Å². The molecule has 0 bridgehead atoms. The van der Waals surface area contributed by atoms with Gasteiger partial charge in [0.25, 0.3) is 5.91 Å². The Morgan fingerprint density at radius 3 is 2.40 bits per heavy atom. The maximum Gasteiger partial charge on any atom is 0.338 e. The van der Waals surface area contributed by atoms with Crippen molar-refractivity contribution in [3.05, 3.63) is 59.2 Å². The minimum Gasteiger partial charge on any atom is -0.493 e. The van der Waals surface area contributed by atoms with Crippen molar-refractivity contribution in [3.63, 3.8) is 0 Å². The summed E-state index contributed by atoms with van der Waals surface area (Å²) in [6.07, 6.45) is 1.38. The van der Waals surface area contributed by atoms with E-state index in [0.717, 1.165) is 0 Å². The number of carbonyl (C=O) groups is 2. The van der Waals surface area contributed by atoms with Crippen LogP contribution in [0.15, 0.2) is 47.6 Å². The smallest absolute Gasteiger partial charge is 0.338 e. The highest BCUT2D eigenvalue weighted by molar-refractivity contribution is 6.00. The van der Waals surface area contributed by atoms with Gasteiger partial charge in [-0.25, -0.2) is 10.2 Å². The van der Waals surface area contributed by atoms with Crippen LogP contribution in [0.3, 0.4) is 0 Å². The average Bonchev–Trinajstić information content (AvgIpc) is 2.67. The lowest BCUT2D eigenvalue weighted by Gasteiger charge is -2.08. The minimum atomic E-state index is -0.478. The second-order valence-electron chi connectivity index (χ2n) is 4.85. The van der Waals surface area contributed by atoms with Gasteiger partial charge in [-0.1, -0.05) is 18.2 Å². The van der Waals surface area contributed by atoms with Crippen molar-refractivity contribution in [2.75, 3.05) is 21.3 Å². The number of esters is 1. The first kappa shape index (κ1) is 18.0. The van der Waals surface area contributed by atoms with Gasteiger partial charge >= 0.3 is 5.97 Å². The summed E-state index contributed by atoms with van der Waals surface area (Å²) in [6, 6.07) is 11.5. The minimum absolute atomic E-state index is 0.356. The molecular formula is C18H18N2O5. The summed E-state index contributed by atoms with van der Waals surface area (Å²) in [5.74, 6) is 0.0609. The normalized spacial score (nSPS) is 10.4. The van der Waals surface area contributed by atoms with Gasteiger partial charge in [-0.05, 0) is 24.3 Å². The zero-order valence-corrected chi connectivity index (χ0v) is 14.1. The topological polar surface area (TPSA) is 86.2 Å². The number of hydrogen-bond donors (Lipinski definition) is 1. The van der Waals surface area contributed by atoms with Crippen molar-refractivity contribution >= 4 is 18.1 Å². The fourth-order valence-corrected chi connectivity index (χ4v) is 2.11. The number of hydrazone groups is 1. The van der Waals surface area contributed by atoms with Crippen LogP contribution in [0.1, 0.15) is 26.3 Å². The second-order valence-corrected chi connectivity index (χ2v) is 4.85. The average molecular weight is 342 g/mol. The Balaban J connectivity index is 2.13. The predicted octanol–water partition coefficient (Wildman–Crippen LogP) is 2.25. The molecule has 0 atom stereocenters. The largest absolute Gasteiger partial charge is 0.493 e. The number of benzene rings is 2. The molecule has 0 unspecified atom stereocenters. The summed E-state index contributed by atoms with van der Waals surface area (Å²) in [5.41, 5.74) is 3.65. The van der Waals surface area contributed by atoms with Gasteiger partial charge in [-0.15, -0.1) is 0 Å². The number of nitrogens with zero attached hydrogens (tertiary/aromatic N) is 1. The Bertz CT molecular complexity index is 802. The summed E-state index contributed by atoms with van der Waals surface area (Å²) < 4.78 is 15.0. The number of hydrogen-bond acceptors (Lipinski definition) is 6. The van der Waals surface area contributed by atoms with Crippen LogP contribution in [0.5, 0.6) is 11.5 Å². The zero-order chi connectivity index (χ0) is 18.2. The van der Waals surface area contributed by atoms with Gasteiger partial charge in [0.2, 0.25) is 0 Å². The van der Waals surface area contributed by atoms with Gasteiger partial charge < -0.3 is 14.2 Å². The Morgan fingerprint density at radius 1 is 1.00 bits per heavy atom. The van der Waals surface area contributed by atoms with Gasteiger partial charge in [-0.3, -0.25) is 4.79 Å². The lowest BCUT2D eigenvalue weighted by molar-refractivity contribution is 0.0600. The summed E-state index contributed by atoms with van der Waals surface area (Å²) in [7, 11) is 4.30. The molecule has 2 rings (SSSR count). The molecule has 25 heavy (non-hydrogen) atoms. The van der Waals surface area contributed by atoms with Crippen LogP contribution < -0.4 is 14.9 Å². The van der Waals surface area contributed by atoms with Gasteiger partial charge in [-0.2, -0.15) is 5.10 Å². The summed E-state index contributed by atoms with van der Waals surface area (Å²) in [5, 5.41) is 3.89. The van der Waals surface area contributed by atoms with Gasteiger partial charge in [0.05, 0.1) is 33.1 Å². The molecule has 0 radical (unpaired) electrons. The number of carbonyl (C=O) groups excluding carboxylic acids is 2. The van der Waals surface area contributed by atoms with Crippen LogP contribution in [-0.4, -0.2) is 39.4 Å². The van der Waals surface area contributed by atoms with E-state index in [9.17, 15) is 9.59 Å². The standard InChI is InChI=1S/C18H18N2O5/c1-23-15-9-8-12(10-16(15)24-2)17(21)20-19-11-13-6-4-5-7-14(13)18(22)25-3/h4-11H,1-3H3,(H,20,21)/b19-11-. The molecule has 0 spiro atoms. The van der Waals surface area contributed by atoms with Crippen LogP contribution in [0.25, 0.3) is 0 Å². The Kier molecular flexibility index (Phi) is 6.11. The molecule has 130 valence electrons. The third kappa shape index (κ3) is 4.35. The highest BCUT2D eigenvalue weighted by atomic mass is 16.5. The third-order valence-electron chi connectivity index (χ3n) is 3.38. The Labute approximate surface area is 145 Å². The molecule has 1 amide bonds. The zero-order valence-electron chi connectivity index (χ0n) is 14.1. The van der Waals surface area contributed by atoms with Crippen LogP contribution in [0.4, 0.5) is 0 Å². The number of rotatable bonds is 6. The van der Waals surface area contributed by atoms with E-state index < -0.39 is 11.9 Å². The summed E-state index contributed by atoms with van der Waals surface area (Å²) >= 11 is 0. The molecule has 0 heterocycles. The predicted molar refractivity (Wildman–Crippen MR) is 92.4 cm³/mol. The molecule has 7 heteroatoms. The van der Waals surface area contributed by atoms with Crippen molar-refractivity contribution in [1.29, 1.82) is 0 Å². The monoisotopic (exact) mass is 342 g/mol. The molecule has 2 aromatic carbocycles. The van der Waals surface area contributed by atoms with Crippen LogP contribution in [0, 0.1) is 0 Å². The first-order valence-electron chi connectivity index (χ1n) is 7.33. The van der Waals surface area contributed by atoms with Gasteiger partial charge in [0, 0.05) is 11.1 Å². The van der Waals surface area contributed by atoms with Crippen molar-refractivity contribution in [2.45, 2.75) is 0 Å². The van der Waals surface area contributed by atoms with Gasteiger partial charge in [0.1, 0.15) is 0 Å². The highest BCUT2D eigenvalue weighted by Crippen LogP contribution is 2.27. The van der Waals surface area contributed by atoms with Crippen LogP contribution in [-0.2, 0) is 4.74 Å². The lowest BCUT2D eigenvalue weighted by Crippen LogP contribution is -2.18. The van der Waals surface area contributed by atoms with Crippen molar-refractivity contribution < 1.29 is 23.8 Å². The fraction of sp³-hybridized carbons (Fsp3) is 0.167. The van der Waals surface area contributed by atoms with Gasteiger partial charge in [0.15, 0.2) is 11.5 Å². The summed E-state index contributed by atoms with van der Waals surface area (Å²) in [4.78, 5) is 23.9. The SMILES string of the molecule is COC(=O)c1ccccc1/C=N\NC(=O)c1ccc(OC)c(OC)c1. The van der Waals surface area contributed by atoms with E-state index in [0.29, 0.717) is 28.2 Å². The maximum atomic E-state index is 12.2. The molecule has 0 saturated heterocycles. The molecule has 0 aromatic heterocycles. The molecular weight excluding hydrogens is 324 g/mol. The quantitative estimate of drug-likeness (QED) is 0.494. The molecule has 0 aliphatic carbocycles. The molecule has 0 fully saturated rings. The van der Waals surface area contributed by atoms with E-state index in [2.05, 4.69) is 10.5 Å². The first-order chi connectivity index (χ1) is 12.1. The second kappa shape index (κ2) is 8.49. The van der Waals surface area contributed by atoms with Crippen molar-refractivity contribution in [3.8, 4) is 11.5 Å². The molecule has 0 aliphatic heterocycles. The third-order valence-corrected chi connectivity index (χ3v) is 3.38. The Hall–Kier alpha value is -3.35. The molecule has 0 saturated carbocycles. The van der Waals surface area contributed by atoms with E-state index >= 15 is 0 Å². The first-order valence-corrected chi connectivity index (χ1v) is 7.33. The Morgan fingerprint density at radius 2 is 1.72 bits per heavy atom.